The summed E-state index contributed by atoms with van der Waals surface area (Å²) in [6.45, 7) is 16.2. The number of hydrogen-bond acceptors (Lipinski definition) is 4. The van der Waals surface area contributed by atoms with Crippen LogP contribution in [0.5, 0.6) is 0 Å². The third-order valence-electron chi connectivity index (χ3n) is 3.55. The molecule has 4 nitrogen and oxygen atoms in total. The fourth-order valence-corrected chi connectivity index (χ4v) is 2.19. The molecule has 0 aromatic rings. The van der Waals surface area contributed by atoms with Crippen LogP contribution in [0.1, 0.15) is 27.7 Å². The second kappa shape index (κ2) is 8.86. The first kappa shape index (κ1) is 15.9. The van der Waals surface area contributed by atoms with Crippen molar-refractivity contribution in [2.75, 3.05) is 52.6 Å². The van der Waals surface area contributed by atoms with E-state index in [-0.39, 0.29) is 0 Å². The largest absolute Gasteiger partial charge is 0.379 e. The van der Waals surface area contributed by atoms with Crippen molar-refractivity contribution in [2.24, 2.45) is 0 Å². The van der Waals surface area contributed by atoms with Gasteiger partial charge in [0.15, 0.2) is 0 Å². The molecule has 0 bridgehead atoms. The highest BCUT2D eigenvalue weighted by Gasteiger charge is 2.12. The highest BCUT2D eigenvalue weighted by atomic mass is 16.5. The van der Waals surface area contributed by atoms with E-state index in [1.807, 2.05) is 0 Å². The van der Waals surface area contributed by atoms with Gasteiger partial charge in [-0.2, -0.15) is 0 Å². The minimum absolute atomic E-state index is 0.562. The average Bonchev–Trinajstić information content (AvgIpc) is 2.28. The van der Waals surface area contributed by atoms with Gasteiger partial charge in [-0.3, -0.25) is 9.80 Å². The first-order valence-corrected chi connectivity index (χ1v) is 7.25. The van der Waals surface area contributed by atoms with Gasteiger partial charge in [0.25, 0.3) is 0 Å². The number of hydrogen-bond donors (Lipinski definition) is 0. The summed E-state index contributed by atoms with van der Waals surface area (Å²) in [5.74, 6) is 0. The van der Waals surface area contributed by atoms with Crippen LogP contribution in [0.15, 0.2) is 0 Å². The van der Waals surface area contributed by atoms with Crippen LogP contribution < -0.4 is 0 Å². The Morgan fingerprint density at radius 2 is 0.889 bits per heavy atom. The van der Waals surface area contributed by atoms with Crippen LogP contribution in [-0.2, 0) is 9.47 Å². The van der Waals surface area contributed by atoms with Gasteiger partial charge in [0, 0.05) is 38.3 Å². The van der Waals surface area contributed by atoms with Gasteiger partial charge in [0.1, 0.15) is 0 Å². The molecule has 1 aliphatic rings. The predicted molar refractivity (Wildman–Crippen MR) is 75.1 cm³/mol. The van der Waals surface area contributed by atoms with Gasteiger partial charge < -0.3 is 9.47 Å². The van der Waals surface area contributed by atoms with Gasteiger partial charge in [-0.1, -0.05) is 0 Å². The summed E-state index contributed by atoms with van der Waals surface area (Å²) in [4.78, 5) is 4.84. The molecule has 0 aliphatic carbocycles. The van der Waals surface area contributed by atoms with Crippen LogP contribution in [0.3, 0.4) is 0 Å². The highest BCUT2D eigenvalue weighted by molar-refractivity contribution is 4.65. The number of ether oxygens (including phenoxy) is 2. The zero-order chi connectivity index (χ0) is 13.4. The van der Waals surface area contributed by atoms with Crippen molar-refractivity contribution in [2.45, 2.75) is 39.8 Å². The molecule has 1 saturated heterocycles. The molecule has 0 aromatic carbocycles. The number of nitrogens with zero attached hydrogens (tertiary/aromatic N) is 2. The molecule has 0 amide bonds. The Morgan fingerprint density at radius 3 is 1.11 bits per heavy atom. The molecular formula is C14H30N2O2. The zero-order valence-electron chi connectivity index (χ0n) is 12.5. The monoisotopic (exact) mass is 258 g/mol. The molecule has 0 spiro atoms. The van der Waals surface area contributed by atoms with Gasteiger partial charge in [-0.15, -0.1) is 0 Å². The Bertz CT molecular complexity index is 176. The van der Waals surface area contributed by atoms with E-state index in [0.29, 0.717) is 12.1 Å². The van der Waals surface area contributed by atoms with Crippen molar-refractivity contribution >= 4 is 0 Å². The predicted octanol–water partition coefficient (Wildman–Crippen LogP) is 1.45. The normalized spacial score (nSPS) is 23.0. The maximum atomic E-state index is 5.74. The minimum atomic E-state index is 0.562. The smallest absolute Gasteiger partial charge is 0.0594 e. The molecule has 1 fully saturated rings. The molecule has 0 radical (unpaired) electrons. The van der Waals surface area contributed by atoms with E-state index in [2.05, 4.69) is 37.5 Å². The third-order valence-corrected chi connectivity index (χ3v) is 3.55. The van der Waals surface area contributed by atoms with Crippen molar-refractivity contribution in [3.63, 3.8) is 0 Å². The van der Waals surface area contributed by atoms with Gasteiger partial charge in [-0.25, -0.2) is 0 Å². The Hall–Kier alpha value is -0.160. The molecule has 1 rings (SSSR count). The number of rotatable bonds is 2. The van der Waals surface area contributed by atoms with E-state index in [0.717, 1.165) is 52.6 Å². The van der Waals surface area contributed by atoms with E-state index in [1.165, 1.54) is 0 Å². The van der Waals surface area contributed by atoms with Crippen molar-refractivity contribution < 1.29 is 9.47 Å². The Morgan fingerprint density at radius 1 is 0.611 bits per heavy atom. The average molecular weight is 258 g/mol. The van der Waals surface area contributed by atoms with Crippen LogP contribution in [0, 0.1) is 0 Å². The highest BCUT2D eigenvalue weighted by Crippen LogP contribution is 2.01. The SMILES string of the molecule is CC(C)N1CCOCCN(C(C)C)CCOCC1. The van der Waals surface area contributed by atoms with Crippen LogP contribution in [-0.4, -0.2) is 74.5 Å². The van der Waals surface area contributed by atoms with Gasteiger partial charge >= 0.3 is 0 Å². The maximum absolute atomic E-state index is 5.74. The van der Waals surface area contributed by atoms with Crippen molar-refractivity contribution in [3.05, 3.63) is 0 Å². The molecule has 0 N–H and O–H groups in total. The van der Waals surface area contributed by atoms with Gasteiger partial charge in [0.05, 0.1) is 26.4 Å². The van der Waals surface area contributed by atoms with E-state index in [9.17, 15) is 0 Å². The van der Waals surface area contributed by atoms with Crippen LogP contribution in [0.4, 0.5) is 0 Å². The van der Waals surface area contributed by atoms with Crippen LogP contribution >= 0.6 is 0 Å². The Kier molecular flexibility index (Phi) is 7.82. The quantitative estimate of drug-likeness (QED) is 0.748. The van der Waals surface area contributed by atoms with Crippen molar-refractivity contribution in [1.82, 2.24) is 9.80 Å². The fraction of sp³-hybridized carbons (Fsp3) is 1.00. The third kappa shape index (κ3) is 6.14. The topological polar surface area (TPSA) is 24.9 Å². The summed E-state index contributed by atoms with van der Waals surface area (Å²) in [6, 6.07) is 1.12. The first-order valence-electron chi connectivity index (χ1n) is 7.25. The first-order chi connectivity index (χ1) is 8.61. The molecule has 1 aliphatic heterocycles. The summed E-state index contributed by atoms with van der Waals surface area (Å²) in [5, 5.41) is 0. The lowest BCUT2D eigenvalue weighted by Gasteiger charge is -2.29. The lowest BCUT2D eigenvalue weighted by Crippen LogP contribution is -2.40. The molecule has 108 valence electrons. The van der Waals surface area contributed by atoms with Gasteiger partial charge in [0.2, 0.25) is 0 Å². The van der Waals surface area contributed by atoms with E-state index in [1.54, 1.807) is 0 Å². The molecule has 0 atom stereocenters. The lowest BCUT2D eigenvalue weighted by atomic mass is 10.3. The summed E-state index contributed by atoms with van der Waals surface area (Å²) >= 11 is 0. The van der Waals surface area contributed by atoms with Crippen molar-refractivity contribution in [1.29, 1.82) is 0 Å². The second-order valence-electron chi connectivity index (χ2n) is 5.48. The maximum Gasteiger partial charge on any atom is 0.0594 e. The van der Waals surface area contributed by atoms with E-state index < -0.39 is 0 Å². The second-order valence-corrected chi connectivity index (χ2v) is 5.48. The molecule has 18 heavy (non-hydrogen) atoms. The van der Waals surface area contributed by atoms with Crippen LogP contribution in [0.2, 0.25) is 0 Å². The summed E-state index contributed by atoms with van der Waals surface area (Å²) in [6.07, 6.45) is 0. The van der Waals surface area contributed by atoms with E-state index >= 15 is 0 Å². The van der Waals surface area contributed by atoms with Crippen LogP contribution in [0.25, 0.3) is 0 Å². The molecule has 1 heterocycles. The minimum Gasteiger partial charge on any atom is -0.379 e. The molecule has 0 unspecified atom stereocenters. The molecule has 0 aromatic heterocycles. The Balaban J connectivity index is 2.38. The molecule has 4 heteroatoms. The molecule has 0 saturated carbocycles. The molecular weight excluding hydrogens is 228 g/mol. The Labute approximate surface area is 112 Å². The summed E-state index contributed by atoms with van der Waals surface area (Å²) in [7, 11) is 0. The lowest BCUT2D eigenvalue weighted by molar-refractivity contribution is 0.0238. The summed E-state index contributed by atoms with van der Waals surface area (Å²) < 4.78 is 11.5. The fourth-order valence-electron chi connectivity index (χ4n) is 2.19. The van der Waals surface area contributed by atoms with Gasteiger partial charge in [-0.05, 0) is 27.7 Å². The standard InChI is InChI=1S/C14H30N2O2/c1-13(2)15-5-9-17-11-7-16(14(3)4)8-12-18-10-6-15/h13-14H,5-12H2,1-4H3. The van der Waals surface area contributed by atoms with Crippen molar-refractivity contribution in [3.8, 4) is 0 Å². The summed E-state index contributed by atoms with van der Waals surface area (Å²) in [5.41, 5.74) is 0. The van der Waals surface area contributed by atoms with E-state index in [4.69, 9.17) is 9.47 Å². The zero-order valence-corrected chi connectivity index (χ0v) is 12.5.